The van der Waals surface area contributed by atoms with Crippen LogP contribution in [-0.2, 0) is 24.2 Å². The summed E-state index contributed by atoms with van der Waals surface area (Å²) in [6, 6.07) is 8.13. The predicted molar refractivity (Wildman–Crippen MR) is 113 cm³/mol. The van der Waals surface area contributed by atoms with Gasteiger partial charge in [-0.2, -0.15) is 0 Å². The molecule has 0 saturated heterocycles. The van der Waals surface area contributed by atoms with E-state index in [-0.39, 0.29) is 6.09 Å². The third kappa shape index (κ3) is 4.94. The van der Waals surface area contributed by atoms with Crippen molar-refractivity contribution in [2.45, 2.75) is 45.9 Å². The van der Waals surface area contributed by atoms with Crippen LogP contribution < -0.4 is 5.32 Å². The van der Waals surface area contributed by atoms with Crippen molar-refractivity contribution < 1.29 is 9.53 Å². The minimum Gasteiger partial charge on any atom is -0.444 e. The van der Waals surface area contributed by atoms with E-state index in [0.717, 1.165) is 29.9 Å². The maximum atomic E-state index is 12.4. The van der Waals surface area contributed by atoms with Crippen LogP contribution in [0.3, 0.4) is 0 Å². The zero-order chi connectivity index (χ0) is 21.1. The summed E-state index contributed by atoms with van der Waals surface area (Å²) in [7, 11) is 0. The molecule has 3 heterocycles. The Hall–Kier alpha value is -3.42. The van der Waals surface area contributed by atoms with Crippen molar-refractivity contribution in [3.63, 3.8) is 0 Å². The minimum atomic E-state index is -0.514. The Morgan fingerprint density at radius 3 is 2.73 bits per heavy atom. The minimum absolute atomic E-state index is 0.310. The molecule has 0 atom stereocenters. The van der Waals surface area contributed by atoms with E-state index >= 15 is 0 Å². The highest BCUT2D eigenvalue weighted by atomic mass is 16.6. The number of aromatic nitrogens is 4. The highest BCUT2D eigenvalue weighted by molar-refractivity contribution is 5.68. The number of benzene rings is 1. The van der Waals surface area contributed by atoms with E-state index in [0.29, 0.717) is 19.0 Å². The Morgan fingerprint density at radius 1 is 1.23 bits per heavy atom. The Bertz CT molecular complexity index is 1010. The molecule has 0 bridgehead atoms. The molecule has 4 rings (SSSR count). The lowest BCUT2D eigenvalue weighted by Crippen LogP contribution is -2.40. The molecule has 156 valence electrons. The molecule has 0 saturated carbocycles. The number of hydrogen-bond donors (Lipinski definition) is 1. The lowest BCUT2D eigenvalue weighted by Gasteiger charge is -2.30. The molecule has 0 radical (unpaired) electrons. The van der Waals surface area contributed by atoms with Gasteiger partial charge in [-0.25, -0.2) is 19.7 Å². The van der Waals surface area contributed by atoms with Gasteiger partial charge >= 0.3 is 6.09 Å². The van der Waals surface area contributed by atoms with Gasteiger partial charge in [0, 0.05) is 37.4 Å². The van der Waals surface area contributed by atoms with E-state index in [4.69, 9.17) is 4.74 Å². The van der Waals surface area contributed by atoms with E-state index in [1.54, 1.807) is 17.4 Å². The number of carbonyl (C=O) groups excluding carboxylic acids is 1. The standard InChI is InChI=1S/C22H26N6O2/c1-22(2,3)30-21(29)28-10-8-17-12-24-20(26-19(17)14-28)25-18-6-4-16(5-7-18)13-27-11-9-23-15-27/h4-7,9,11-12,15H,8,10,13-14H2,1-3H3,(H,24,25,26). The molecule has 8 heteroatoms. The summed E-state index contributed by atoms with van der Waals surface area (Å²) in [5, 5.41) is 3.25. The first-order valence-corrected chi connectivity index (χ1v) is 10.0. The van der Waals surface area contributed by atoms with Gasteiger partial charge in [0.15, 0.2) is 0 Å². The molecule has 2 aromatic heterocycles. The van der Waals surface area contributed by atoms with Crippen LogP contribution in [0.5, 0.6) is 0 Å². The summed E-state index contributed by atoms with van der Waals surface area (Å²) in [5.41, 5.74) is 3.49. The first-order chi connectivity index (χ1) is 14.4. The maximum Gasteiger partial charge on any atom is 0.410 e. The number of nitrogens with zero attached hydrogens (tertiary/aromatic N) is 5. The van der Waals surface area contributed by atoms with Crippen LogP contribution >= 0.6 is 0 Å². The summed E-state index contributed by atoms with van der Waals surface area (Å²) < 4.78 is 7.51. The number of amides is 1. The smallest absolute Gasteiger partial charge is 0.410 e. The van der Waals surface area contributed by atoms with Crippen LogP contribution in [0.4, 0.5) is 16.4 Å². The normalized spacial score (nSPS) is 13.6. The van der Waals surface area contributed by atoms with E-state index in [1.165, 1.54) is 5.56 Å². The second kappa shape index (κ2) is 8.14. The van der Waals surface area contributed by atoms with Crippen molar-refractivity contribution in [3.8, 4) is 0 Å². The SMILES string of the molecule is CC(C)(C)OC(=O)N1CCc2cnc(Nc3ccc(Cn4ccnc4)cc3)nc2C1. The Morgan fingerprint density at radius 2 is 2.03 bits per heavy atom. The topological polar surface area (TPSA) is 85.2 Å². The van der Waals surface area contributed by atoms with Gasteiger partial charge in [0.1, 0.15) is 5.60 Å². The van der Waals surface area contributed by atoms with Gasteiger partial charge in [-0.15, -0.1) is 0 Å². The van der Waals surface area contributed by atoms with E-state index in [9.17, 15) is 4.79 Å². The molecule has 0 unspecified atom stereocenters. The molecule has 30 heavy (non-hydrogen) atoms. The predicted octanol–water partition coefficient (Wildman–Crippen LogP) is 3.76. The Kier molecular flexibility index (Phi) is 5.39. The van der Waals surface area contributed by atoms with Gasteiger partial charge in [0.2, 0.25) is 5.95 Å². The number of imidazole rings is 1. The van der Waals surface area contributed by atoms with Gasteiger partial charge < -0.3 is 19.5 Å². The Labute approximate surface area is 175 Å². The number of nitrogens with one attached hydrogen (secondary N) is 1. The van der Waals surface area contributed by atoms with Crippen LogP contribution in [0, 0.1) is 0 Å². The van der Waals surface area contributed by atoms with Crippen molar-refractivity contribution in [2.75, 3.05) is 11.9 Å². The molecule has 1 amide bonds. The molecule has 8 nitrogen and oxygen atoms in total. The third-order valence-corrected chi connectivity index (χ3v) is 4.73. The second-order valence-corrected chi connectivity index (χ2v) is 8.37. The molecule has 0 spiro atoms. The zero-order valence-corrected chi connectivity index (χ0v) is 17.5. The van der Waals surface area contributed by atoms with Gasteiger partial charge in [0.05, 0.1) is 18.6 Å². The number of hydrogen-bond acceptors (Lipinski definition) is 6. The molecule has 1 aliphatic rings. The third-order valence-electron chi connectivity index (χ3n) is 4.73. The molecular weight excluding hydrogens is 380 g/mol. The lowest BCUT2D eigenvalue weighted by atomic mass is 10.1. The van der Waals surface area contributed by atoms with Crippen molar-refractivity contribution in [1.82, 2.24) is 24.4 Å². The quantitative estimate of drug-likeness (QED) is 0.710. The van der Waals surface area contributed by atoms with Gasteiger partial charge in [-0.05, 0) is 50.5 Å². The van der Waals surface area contributed by atoms with Crippen molar-refractivity contribution >= 4 is 17.7 Å². The maximum absolute atomic E-state index is 12.4. The second-order valence-electron chi connectivity index (χ2n) is 8.37. The number of ether oxygens (including phenoxy) is 1. The van der Waals surface area contributed by atoms with Crippen molar-refractivity contribution in [1.29, 1.82) is 0 Å². The number of anilines is 2. The fraction of sp³-hybridized carbons (Fsp3) is 0.364. The highest BCUT2D eigenvalue weighted by Crippen LogP contribution is 2.22. The average Bonchev–Trinajstić information content (AvgIpc) is 3.21. The van der Waals surface area contributed by atoms with Crippen LogP contribution in [0.25, 0.3) is 0 Å². The molecule has 1 N–H and O–H groups in total. The van der Waals surface area contributed by atoms with Crippen LogP contribution in [0.2, 0.25) is 0 Å². The summed E-state index contributed by atoms with van der Waals surface area (Å²) in [6.07, 6.45) is 7.76. The van der Waals surface area contributed by atoms with Gasteiger partial charge in [-0.3, -0.25) is 0 Å². The number of carbonyl (C=O) groups is 1. The first-order valence-electron chi connectivity index (χ1n) is 10.0. The summed E-state index contributed by atoms with van der Waals surface area (Å²) in [4.78, 5) is 27.2. The zero-order valence-electron chi connectivity index (χ0n) is 17.5. The van der Waals surface area contributed by atoms with Gasteiger partial charge in [-0.1, -0.05) is 12.1 Å². The monoisotopic (exact) mass is 406 g/mol. The fourth-order valence-electron chi connectivity index (χ4n) is 3.26. The van der Waals surface area contributed by atoms with E-state index in [1.807, 2.05) is 49.9 Å². The van der Waals surface area contributed by atoms with Crippen molar-refractivity contribution in [2.24, 2.45) is 0 Å². The Balaban J connectivity index is 1.42. The van der Waals surface area contributed by atoms with E-state index in [2.05, 4.69) is 32.4 Å². The molecule has 3 aromatic rings. The largest absolute Gasteiger partial charge is 0.444 e. The first kappa shape index (κ1) is 19.9. The average molecular weight is 406 g/mol. The molecule has 0 aliphatic carbocycles. The number of rotatable bonds is 4. The molecular formula is C22H26N6O2. The number of fused-ring (bicyclic) bond motifs is 1. The highest BCUT2D eigenvalue weighted by Gasteiger charge is 2.26. The molecule has 1 aromatic carbocycles. The van der Waals surface area contributed by atoms with Crippen LogP contribution in [0.15, 0.2) is 49.2 Å². The lowest BCUT2D eigenvalue weighted by molar-refractivity contribution is 0.0220. The van der Waals surface area contributed by atoms with Crippen molar-refractivity contribution in [3.05, 3.63) is 66.0 Å². The molecule has 1 aliphatic heterocycles. The van der Waals surface area contributed by atoms with Crippen LogP contribution in [-0.4, -0.2) is 42.7 Å². The van der Waals surface area contributed by atoms with Crippen LogP contribution in [0.1, 0.15) is 37.6 Å². The summed E-state index contributed by atoms with van der Waals surface area (Å²) in [6.45, 7) is 7.41. The molecule has 0 fully saturated rings. The van der Waals surface area contributed by atoms with E-state index < -0.39 is 5.60 Å². The summed E-state index contributed by atoms with van der Waals surface area (Å²) >= 11 is 0. The summed E-state index contributed by atoms with van der Waals surface area (Å²) in [5.74, 6) is 0.516. The van der Waals surface area contributed by atoms with Gasteiger partial charge in [0.25, 0.3) is 0 Å². The fourth-order valence-corrected chi connectivity index (χ4v) is 3.26.